The minimum absolute atomic E-state index is 0. The van der Waals surface area contributed by atoms with Crippen LogP contribution in [0, 0.1) is 0 Å². The van der Waals surface area contributed by atoms with Gasteiger partial charge in [0, 0.05) is 0 Å². The van der Waals surface area contributed by atoms with Gasteiger partial charge in [-0.05, 0) is 0 Å². The predicted molar refractivity (Wildman–Crippen MR) is 16.7 cm³/mol. The van der Waals surface area contributed by atoms with E-state index >= 15 is 0 Å². The number of rotatable bonds is 2. The van der Waals surface area contributed by atoms with Crippen LogP contribution >= 0.6 is 0 Å². The van der Waals surface area contributed by atoms with Gasteiger partial charge in [0.2, 0.25) is 0 Å². The molecular formula is HF6KO3Zr. The van der Waals surface area contributed by atoms with Gasteiger partial charge in [-0.15, -0.1) is 0 Å². The molecule has 0 fully saturated rings. The average molecular weight is 293 g/mol. The molecule has 3 nitrogen and oxygen atoms in total. The van der Waals surface area contributed by atoms with Crippen LogP contribution in [0.3, 0.4) is 0 Å². The Hall–Kier alpha value is 1.82. The summed E-state index contributed by atoms with van der Waals surface area (Å²) in [6, 6.07) is 0. The second-order valence-corrected chi connectivity index (χ2v) is 10.4. The third-order valence-electron chi connectivity index (χ3n) is 0.359. The van der Waals surface area contributed by atoms with Crippen molar-refractivity contribution in [2.45, 2.75) is 0 Å². The zero-order chi connectivity index (χ0) is 8.79. The van der Waals surface area contributed by atoms with Crippen LogP contribution in [0.15, 0.2) is 0 Å². The van der Waals surface area contributed by atoms with E-state index in [1.807, 2.05) is 0 Å². The fourth-order valence-electron chi connectivity index (χ4n) is 0.0119. The topological polar surface area (TPSA) is 35.5 Å². The van der Waals surface area contributed by atoms with Gasteiger partial charge in [-0.3, -0.25) is 0 Å². The zero-order valence-corrected chi connectivity index (χ0v) is 6.45. The van der Waals surface area contributed by atoms with Crippen molar-refractivity contribution in [3.63, 3.8) is 0 Å². The molecule has 0 aliphatic carbocycles. The summed E-state index contributed by atoms with van der Waals surface area (Å²) < 4.78 is 74.8. The van der Waals surface area contributed by atoms with Crippen molar-refractivity contribution >= 4 is 51.4 Å². The number of hydrogen-bond acceptors (Lipinski definition) is 3. The maximum atomic E-state index is 11.1. The standard InChI is InChI=1S/2FO.4FH.K.O.Zr.H/c2*1-2;;;;;;;;/h;;4*1H;;;;/q2*-1;;;;;;;+6;/p-4. The van der Waals surface area contributed by atoms with Crippen LogP contribution < -0.4 is 0 Å². The van der Waals surface area contributed by atoms with E-state index in [2.05, 4.69) is 0 Å². The molecular weight excluding hydrogens is 292 g/mol. The van der Waals surface area contributed by atoms with E-state index in [-0.39, 0.29) is 51.4 Å². The van der Waals surface area contributed by atoms with Crippen LogP contribution in [0.1, 0.15) is 0 Å². The molecule has 0 radical (unpaired) electrons. The fraction of sp³-hybridized carbons (Fsp3) is 0. The summed E-state index contributed by atoms with van der Waals surface area (Å²) in [4.78, 5) is 0. The summed E-state index contributed by atoms with van der Waals surface area (Å²) in [7, 11) is 0. The summed E-state index contributed by atoms with van der Waals surface area (Å²) in [5, 5.41) is 0. The Morgan fingerprint density at radius 2 is 1.09 bits per heavy atom. The first-order chi connectivity index (χ1) is 3.84. The SMILES string of the molecule is [KH].[O]=[Zr]([F])([F])([F])([F])([O]F)[O]F. The first-order valence-electron chi connectivity index (χ1n) is 1.68. The van der Waals surface area contributed by atoms with Crippen molar-refractivity contribution in [2.75, 3.05) is 0 Å². The molecule has 0 saturated carbocycles. The average Bonchev–Trinajstić information content (AvgIpc) is 1.66. The van der Waals surface area contributed by atoms with Crippen molar-refractivity contribution in [1.29, 1.82) is 0 Å². The Morgan fingerprint density at radius 1 is 0.909 bits per heavy atom. The molecule has 0 aromatic carbocycles. The van der Waals surface area contributed by atoms with E-state index in [4.69, 9.17) is 2.81 Å². The van der Waals surface area contributed by atoms with Crippen LogP contribution in [0.5, 0.6) is 0 Å². The minimum atomic E-state index is -12.6. The van der Waals surface area contributed by atoms with Gasteiger partial charge in [-0.2, -0.15) is 0 Å². The van der Waals surface area contributed by atoms with Gasteiger partial charge in [-0.25, -0.2) is 0 Å². The van der Waals surface area contributed by atoms with Crippen molar-refractivity contribution in [3.8, 4) is 0 Å². The third kappa shape index (κ3) is 5.97. The van der Waals surface area contributed by atoms with Crippen LogP contribution in [0.25, 0.3) is 0 Å². The van der Waals surface area contributed by atoms with Crippen molar-refractivity contribution in [2.24, 2.45) is 0 Å². The Balaban J connectivity index is 0. The van der Waals surface area contributed by atoms with E-state index in [9.17, 15) is 19.6 Å². The van der Waals surface area contributed by atoms with Gasteiger partial charge >= 0.3 is 98.9 Å². The molecule has 0 aromatic rings. The molecule has 0 heterocycles. The summed E-state index contributed by atoms with van der Waals surface area (Å²) in [5.74, 6) is 0. The second kappa shape index (κ2) is 2.25. The summed E-state index contributed by atoms with van der Waals surface area (Å²) in [5.41, 5.74) is 0. The van der Waals surface area contributed by atoms with Gasteiger partial charge in [0.1, 0.15) is 0 Å². The van der Waals surface area contributed by atoms with E-state index in [1.165, 1.54) is 0 Å². The van der Waals surface area contributed by atoms with Gasteiger partial charge in [0.25, 0.3) is 0 Å². The first-order valence-corrected chi connectivity index (χ1v) is 8.40. The zero-order valence-electron chi connectivity index (χ0n) is 3.99. The third-order valence-corrected chi connectivity index (χ3v) is 2.13. The number of halogens is 6. The van der Waals surface area contributed by atoms with E-state index < -0.39 is 19.1 Å². The van der Waals surface area contributed by atoms with Crippen LogP contribution in [-0.2, 0) is 28.0 Å². The normalized spacial score (nSPS) is 21.8. The molecule has 0 aliphatic rings. The van der Waals surface area contributed by atoms with Crippen molar-refractivity contribution in [1.82, 2.24) is 0 Å². The molecule has 0 N–H and O–H groups in total. The monoisotopic (exact) mass is 292 g/mol. The Kier molecular flexibility index (Phi) is 3.12. The summed E-state index contributed by atoms with van der Waals surface area (Å²) >= 11 is -12.6. The van der Waals surface area contributed by atoms with Gasteiger partial charge in [0.15, 0.2) is 0 Å². The molecule has 0 bridgehead atoms. The van der Waals surface area contributed by atoms with Crippen LogP contribution in [-0.4, -0.2) is 51.4 Å². The van der Waals surface area contributed by atoms with Crippen LogP contribution in [0.4, 0.5) is 19.6 Å². The summed E-state index contributed by atoms with van der Waals surface area (Å²) in [6.45, 7) is 0. The molecule has 0 unspecified atom stereocenters. The summed E-state index contributed by atoms with van der Waals surface area (Å²) in [6.07, 6.45) is 0. The Morgan fingerprint density at radius 3 is 1.09 bits per heavy atom. The molecule has 0 spiro atoms. The predicted octanol–water partition coefficient (Wildman–Crippen LogP) is 1.61. The van der Waals surface area contributed by atoms with Gasteiger partial charge in [0.05, 0.1) is 0 Å². The van der Waals surface area contributed by atoms with E-state index in [0.717, 1.165) is 0 Å². The molecule has 0 aromatic heterocycles. The maximum absolute atomic E-state index is 12.6. The molecule has 11 heteroatoms. The Bertz CT molecular complexity index is 239. The molecule has 66 valence electrons. The Labute approximate surface area is 97.0 Å². The van der Waals surface area contributed by atoms with Gasteiger partial charge < -0.3 is 0 Å². The molecule has 11 heavy (non-hydrogen) atoms. The molecule has 0 rings (SSSR count). The molecule has 0 aliphatic heterocycles. The van der Waals surface area contributed by atoms with E-state index in [0.29, 0.717) is 6.04 Å². The van der Waals surface area contributed by atoms with Gasteiger partial charge in [-0.1, -0.05) is 0 Å². The molecule has 0 atom stereocenters. The van der Waals surface area contributed by atoms with Crippen molar-refractivity contribution < 1.29 is 47.5 Å². The molecule has 0 amide bonds. The quantitative estimate of drug-likeness (QED) is 0.573. The number of hydrogen-bond donors (Lipinski definition) is 0. The molecule has 0 saturated heterocycles. The second-order valence-electron chi connectivity index (χ2n) is 1.76. The fourth-order valence-corrected chi connectivity index (χ4v) is 0.0704. The van der Waals surface area contributed by atoms with E-state index in [1.54, 1.807) is 0 Å². The van der Waals surface area contributed by atoms with Crippen molar-refractivity contribution in [3.05, 3.63) is 0 Å². The van der Waals surface area contributed by atoms with Crippen LogP contribution in [0.2, 0.25) is 0 Å². The first kappa shape index (κ1) is 15.3.